The Labute approximate surface area is 720 Å². The molecule has 3 saturated heterocycles. The molecule has 0 radical (unpaired) electrons. The first-order chi connectivity index (χ1) is 56.7. The lowest BCUT2D eigenvalue weighted by Crippen LogP contribution is -2.54. The molecule has 15 rings (SSSR count). The van der Waals surface area contributed by atoms with Crippen LogP contribution in [0.25, 0.3) is 45.0 Å². The molecule has 0 bridgehead atoms. The zero-order chi connectivity index (χ0) is 83.7. The zero-order valence-corrected chi connectivity index (χ0v) is 72.0. The minimum absolute atomic E-state index is 0.174. The van der Waals surface area contributed by atoms with Gasteiger partial charge in [0.25, 0.3) is 23.6 Å². The second-order valence-electron chi connectivity index (χ2n) is 28.8. The van der Waals surface area contributed by atoms with Crippen LogP contribution in [0.5, 0.6) is 0 Å². The van der Waals surface area contributed by atoms with Gasteiger partial charge in [0, 0.05) is 156 Å². The largest absolute Gasteiger partial charge is 0.354 e. The molecule has 0 spiro atoms. The van der Waals surface area contributed by atoms with Crippen molar-refractivity contribution >= 4 is 143 Å². The lowest BCUT2D eigenvalue weighted by Gasteiger charge is -2.37. The van der Waals surface area contributed by atoms with Gasteiger partial charge < -0.3 is 51.9 Å². The average molecular weight is 1790 g/mol. The molecule has 29 heteroatoms. The molecule has 7 N–H and O–H groups in total. The van der Waals surface area contributed by atoms with Crippen LogP contribution in [-0.4, -0.2) is 150 Å². The molecule has 118 heavy (non-hydrogen) atoms. The van der Waals surface area contributed by atoms with Crippen LogP contribution in [-0.2, 0) is 9.84 Å². The summed E-state index contributed by atoms with van der Waals surface area (Å²) < 4.78 is 23.8. The molecule has 3 fully saturated rings. The Bertz CT molecular complexity index is 5540. The number of anilines is 7. The molecular formula is C89H88Cl4IN17O6S. The summed E-state index contributed by atoms with van der Waals surface area (Å²) in [6.07, 6.45) is 7.94. The Kier molecular flexibility index (Phi) is 29.4. The molecule has 10 heterocycles. The molecule has 23 nitrogen and oxygen atoms in total. The van der Waals surface area contributed by atoms with Gasteiger partial charge in [-0.2, -0.15) is 0 Å². The molecule has 12 aromatic rings. The highest BCUT2D eigenvalue weighted by Gasteiger charge is 2.26. The smallest absolute Gasteiger partial charge is 0.257 e. The van der Waals surface area contributed by atoms with Crippen LogP contribution in [0.3, 0.4) is 0 Å². The number of pyridine rings is 7. The summed E-state index contributed by atoms with van der Waals surface area (Å²) in [5, 5.41) is 24.3. The van der Waals surface area contributed by atoms with E-state index in [-0.39, 0.29) is 28.5 Å². The number of carbonyl (C=O) groups excluding carboxylic acids is 4. The number of aryl methyl sites for hydroxylation is 3. The van der Waals surface area contributed by atoms with Gasteiger partial charge in [-0.1, -0.05) is 70.7 Å². The van der Waals surface area contributed by atoms with Gasteiger partial charge >= 0.3 is 0 Å². The molecule has 4 atom stereocenters. The third-order valence-corrected chi connectivity index (χ3v) is 22.8. The van der Waals surface area contributed by atoms with Crippen molar-refractivity contribution in [3.8, 4) is 45.0 Å². The highest BCUT2D eigenvalue weighted by Crippen LogP contribution is 2.35. The Hall–Kier alpha value is -10.9. The highest BCUT2D eigenvalue weighted by atomic mass is 127. The van der Waals surface area contributed by atoms with E-state index in [0.717, 1.165) is 110 Å². The molecule has 3 aliphatic heterocycles. The van der Waals surface area contributed by atoms with Gasteiger partial charge in [-0.15, -0.1) is 0 Å². The summed E-state index contributed by atoms with van der Waals surface area (Å²) in [5.74, 6) is 1.77. The number of rotatable bonds is 16. The molecule has 0 saturated carbocycles. The number of piperazine rings is 3. The normalized spacial score (nSPS) is 15.8. The van der Waals surface area contributed by atoms with Crippen molar-refractivity contribution in [1.82, 2.24) is 50.8 Å². The van der Waals surface area contributed by atoms with E-state index in [2.05, 4.69) is 110 Å². The quantitative estimate of drug-likeness (QED) is 0.0443. The minimum atomic E-state index is -3.33. The maximum absolute atomic E-state index is 12.9. The molecule has 0 unspecified atom stereocenters. The molecule has 606 valence electrons. The summed E-state index contributed by atoms with van der Waals surface area (Å²) in [4.78, 5) is 89.6. The van der Waals surface area contributed by atoms with E-state index in [1.54, 1.807) is 79.4 Å². The van der Waals surface area contributed by atoms with Gasteiger partial charge in [0.1, 0.15) is 17.5 Å². The molecule has 3 aliphatic rings. The number of hydrogen-bond acceptors (Lipinski definition) is 19. The number of amides is 4. The van der Waals surface area contributed by atoms with E-state index in [1.165, 1.54) is 18.2 Å². The van der Waals surface area contributed by atoms with E-state index < -0.39 is 9.84 Å². The number of nitrogens with zero attached hydrogens (tertiary/aromatic N) is 10. The summed E-state index contributed by atoms with van der Waals surface area (Å²) >= 11 is 27.2. The molecule has 4 amide bonds. The Morgan fingerprint density at radius 1 is 0.390 bits per heavy atom. The Morgan fingerprint density at radius 3 is 0.966 bits per heavy atom. The minimum Gasteiger partial charge on any atom is -0.354 e. The van der Waals surface area contributed by atoms with Gasteiger partial charge in [-0.05, 0) is 247 Å². The third-order valence-electron chi connectivity index (χ3n) is 19.5. The van der Waals surface area contributed by atoms with Crippen LogP contribution in [0.2, 0.25) is 20.1 Å². The van der Waals surface area contributed by atoms with Crippen LogP contribution < -0.4 is 51.9 Å². The molecule has 7 aromatic heterocycles. The number of halogens is 5. The highest BCUT2D eigenvalue weighted by molar-refractivity contribution is 14.1. The van der Waals surface area contributed by atoms with Crippen LogP contribution >= 0.6 is 69.0 Å². The third kappa shape index (κ3) is 22.9. The van der Waals surface area contributed by atoms with E-state index in [1.807, 2.05) is 171 Å². The monoisotopic (exact) mass is 1790 g/mol. The predicted molar refractivity (Wildman–Crippen MR) is 483 cm³/mol. The van der Waals surface area contributed by atoms with Gasteiger partial charge in [0.15, 0.2) is 9.84 Å². The first-order valence-corrected chi connectivity index (χ1v) is 42.7. The van der Waals surface area contributed by atoms with E-state index in [0.29, 0.717) is 121 Å². The number of aromatic nitrogens is 7. The van der Waals surface area contributed by atoms with Crippen molar-refractivity contribution in [2.75, 3.05) is 94.6 Å². The van der Waals surface area contributed by atoms with Crippen molar-refractivity contribution in [3.05, 3.63) is 288 Å². The van der Waals surface area contributed by atoms with Crippen LogP contribution in [0.4, 0.5) is 40.2 Å². The molecular weight excluding hydrogens is 1700 g/mol. The lowest BCUT2D eigenvalue weighted by molar-refractivity contribution is 0.101. The Balaban J connectivity index is 0.000000145. The van der Waals surface area contributed by atoms with Crippen molar-refractivity contribution in [3.63, 3.8) is 0 Å². The number of nitrogens with one attached hydrogen (secondary N) is 7. The fourth-order valence-corrected chi connectivity index (χ4v) is 16.2. The van der Waals surface area contributed by atoms with Crippen LogP contribution in [0.15, 0.2) is 230 Å². The maximum Gasteiger partial charge on any atom is 0.257 e. The van der Waals surface area contributed by atoms with Crippen molar-refractivity contribution in [2.24, 2.45) is 0 Å². The van der Waals surface area contributed by atoms with Crippen LogP contribution in [0.1, 0.15) is 86.2 Å². The van der Waals surface area contributed by atoms with Crippen molar-refractivity contribution in [2.45, 2.75) is 77.5 Å². The van der Waals surface area contributed by atoms with Gasteiger partial charge in [-0.25, -0.2) is 23.4 Å². The van der Waals surface area contributed by atoms with Crippen LogP contribution in [0, 0.1) is 24.3 Å². The number of benzene rings is 5. The van der Waals surface area contributed by atoms with E-state index in [9.17, 15) is 27.6 Å². The average Bonchev–Trinajstić information content (AvgIpc) is 0.812. The van der Waals surface area contributed by atoms with Gasteiger partial charge in [-0.3, -0.25) is 39.1 Å². The second-order valence-corrected chi connectivity index (χ2v) is 33.6. The predicted octanol–water partition coefficient (Wildman–Crippen LogP) is 17.5. The van der Waals surface area contributed by atoms with E-state index >= 15 is 0 Å². The topological polar surface area (TPSA) is 287 Å². The summed E-state index contributed by atoms with van der Waals surface area (Å²) in [5.41, 5.74) is 12.7. The fraction of sp³-hybridized carbons (Fsp3) is 0.225. The Morgan fingerprint density at radius 2 is 0.686 bits per heavy atom. The van der Waals surface area contributed by atoms with Gasteiger partial charge in [0.2, 0.25) is 0 Å². The number of hydrogen-bond donors (Lipinski definition) is 7. The maximum atomic E-state index is 12.9. The van der Waals surface area contributed by atoms with E-state index in [4.69, 9.17) is 51.4 Å². The second kappa shape index (κ2) is 40.1. The first-order valence-electron chi connectivity index (χ1n) is 38.2. The van der Waals surface area contributed by atoms with Crippen molar-refractivity contribution in [1.29, 1.82) is 0 Å². The first kappa shape index (κ1) is 86.5. The molecule has 5 aromatic carbocycles. The lowest BCUT2D eigenvalue weighted by atomic mass is 10.1. The summed E-state index contributed by atoms with van der Waals surface area (Å²) in [6, 6.07) is 61.0. The standard InChI is InChI=1S/C24H26ClN5O.2C23H24ClN5O.C19H14ClIN2O3S/c1-15-13-30(14-16(2)27-15)23-10-8-19(17(3)28-23)24(31)29-18-7-9-21(25)20(12-18)22-6-4-5-11-26-22;2*1-15-14-29(12-11-25-15)22-9-7-18(16(2)27-22)23(30)28-17-6-8-20(24)19(13-17)21-5-3-4-10-26-21;1-27(25,26)13-6-7-14(17(21)11-13)19(24)23-12-5-8-16(20)15(10-12)18-4-2-3-9-22-18/h4-12,15-16,27H,13-14H2,1-3H3,(H,29,31);2*3-10,13,15,25H,11-12,14H2,1-2H3,(H,28,30);2-11H,1H3,(H,23,24)/t15-,16+;2*15-;/m.10./s1. The SMILES string of the molecule is CS(=O)(=O)c1ccc(C(=O)Nc2ccc(Cl)c(-c3ccccn3)c2)c(I)c1.Cc1nc(N2CCN[C@@H](C)C2)ccc1C(=O)Nc1ccc(Cl)c(-c2ccccn2)c1.Cc1nc(N2CCN[C@H](C)C2)ccc1C(=O)Nc1ccc(Cl)c(-c2ccccn2)c1.Cc1nc(N2C[C@@H](C)N[C@@H](C)C2)ccc1C(=O)Nc1ccc(Cl)c(-c2ccccn2)c1. The zero-order valence-electron chi connectivity index (χ0n) is 66.0. The fourth-order valence-electron chi connectivity index (χ4n) is 13.7. The number of sulfone groups is 1. The number of carbonyl (C=O) groups is 4. The molecule has 0 aliphatic carbocycles. The van der Waals surface area contributed by atoms with Crippen molar-refractivity contribution < 1.29 is 27.6 Å². The summed E-state index contributed by atoms with van der Waals surface area (Å²) in [6.45, 7) is 21.5. The van der Waals surface area contributed by atoms with Gasteiger partial charge in [0.05, 0.1) is 87.1 Å². The summed E-state index contributed by atoms with van der Waals surface area (Å²) in [7, 11) is -3.33.